The quantitative estimate of drug-likeness (QED) is 0.297. The van der Waals surface area contributed by atoms with E-state index in [1.54, 1.807) is 0 Å². The zero-order valence-electron chi connectivity index (χ0n) is 17.2. The number of aromatic nitrogens is 1. The highest BCUT2D eigenvalue weighted by Gasteiger charge is 2.19. The molecule has 0 aliphatic heterocycles. The number of fused-ring (bicyclic) bond motifs is 3. The van der Waals surface area contributed by atoms with Crippen molar-refractivity contribution in [3.8, 4) is 16.8 Å². The van der Waals surface area contributed by atoms with E-state index in [1.165, 1.54) is 44.2 Å². The third kappa shape index (κ3) is 2.94. The first kappa shape index (κ1) is 17.8. The van der Waals surface area contributed by atoms with Crippen molar-refractivity contribution in [2.24, 2.45) is 0 Å². The van der Waals surface area contributed by atoms with Gasteiger partial charge in [-0.2, -0.15) is 0 Å². The molecule has 1 heterocycles. The lowest BCUT2D eigenvalue weighted by Gasteiger charge is -2.22. The van der Waals surface area contributed by atoms with E-state index < -0.39 is 0 Å². The summed E-state index contributed by atoms with van der Waals surface area (Å²) in [5.41, 5.74) is 7.68. The first-order valence-corrected chi connectivity index (χ1v) is 10.2. The van der Waals surface area contributed by atoms with Crippen LogP contribution < -0.4 is 0 Å². The molecule has 1 nitrogen and oxygen atoms in total. The van der Waals surface area contributed by atoms with Gasteiger partial charge in [0.25, 0.3) is 0 Å². The molecule has 1 aromatic heterocycles. The minimum absolute atomic E-state index is 0.100. The van der Waals surface area contributed by atoms with E-state index in [2.05, 4.69) is 122 Å². The third-order valence-corrected chi connectivity index (χ3v) is 5.77. The van der Waals surface area contributed by atoms with Gasteiger partial charge in [-0.15, -0.1) is 0 Å². The molecule has 142 valence electrons. The highest BCUT2D eigenvalue weighted by atomic mass is 15.0. The molecule has 0 aliphatic rings. The molecular formula is C28H25N. The minimum Gasteiger partial charge on any atom is -0.309 e. The minimum atomic E-state index is 0.100. The van der Waals surface area contributed by atoms with Gasteiger partial charge in [-0.25, -0.2) is 0 Å². The summed E-state index contributed by atoms with van der Waals surface area (Å²) in [5, 5.41) is 2.59. The van der Waals surface area contributed by atoms with Gasteiger partial charge in [0, 0.05) is 16.3 Å². The van der Waals surface area contributed by atoms with Crippen molar-refractivity contribution in [2.75, 3.05) is 0 Å². The molecule has 0 N–H and O–H groups in total. The second-order valence-electron chi connectivity index (χ2n) is 8.72. The summed E-state index contributed by atoms with van der Waals surface area (Å²) in [6, 6.07) is 35.1. The van der Waals surface area contributed by atoms with Gasteiger partial charge in [0.1, 0.15) is 0 Å². The molecule has 0 fully saturated rings. The highest BCUT2D eigenvalue weighted by Crippen LogP contribution is 2.37. The van der Waals surface area contributed by atoms with Crippen LogP contribution in [0.5, 0.6) is 0 Å². The van der Waals surface area contributed by atoms with Gasteiger partial charge < -0.3 is 4.57 Å². The number of benzene rings is 4. The smallest absolute Gasteiger partial charge is 0.0541 e. The number of hydrogen-bond donors (Lipinski definition) is 0. The molecule has 29 heavy (non-hydrogen) atoms. The first-order chi connectivity index (χ1) is 14.0. The SMILES string of the molecule is CC(C)(C)c1ccc(-n2c3ccccc3c3ccccc32)c(-c2ccccc2)c1. The van der Waals surface area contributed by atoms with Crippen LogP contribution in [-0.2, 0) is 5.41 Å². The maximum absolute atomic E-state index is 2.42. The maximum atomic E-state index is 2.42. The standard InChI is InChI=1S/C28H25N/c1-28(2,3)21-17-18-27(24(19-21)20-11-5-4-6-12-20)29-25-15-9-7-13-22(25)23-14-8-10-16-26(23)29/h4-19H,1-3H3. The molecule has 0 radical (unpaired) electrons. The molecule has 0 unspecified atom stereocenters. The van der Waals surface area contributed by atoms with E-state index in [0.717, 1.165) is 0 Å². The molecule has 1 heteroatoms. The Kier molecular flexibility index (Phi) is 4.06. The van der Waals surface area contributed by atoms with E-state index in [-0.39, 0.29) is 5.41 Å². The summed E-state index contributed by atoms with van der Waals surface area (Å²) >= 11 is 0. The van der Waals surface area contributed by atoms with Crippen LogP contribution in [0.3, 0.4) is 0 Å². The third-order valence-electron chi connectivity index (χ3n) is 5.77. The lowest BCUT2D eigenvalue weighted by Crippen LogP contribution is -2.11. The maximum Gasteiger partial charge on any atom is 0.0541 e. The zero-order valence-corrected chi connectivity index (χ0v) is 17.2. The van der Waals surface area contributed by atoms with Gasteiger partial charge in [0.2, 0.25) is 0 Å². The monoisotopic (exact) mass is 375 g/mol. The van der Waals surface area contributed by atoms with Gasteiger partial charge in [0.05, 0.1) is 16.7 Å². The molecular weight excluding hydrogens is 350 g/mol. The second-order valence-corrected chi connectivity index (χ2v) is 8.72. The number of nitrogens with zero attached hydrogens (tertiary/aromatic N) is 1. The van der Waals surface area contributed by atoms with Crippen LogP contribution in [0.4, 0.5) is 0 Å². The van der Waals surface area contributed by atoms with Crippen LogP contribution in [0.15, 0.2) is 97.1 Å². The normalized spacial score (nSPS) is 12.0. The van der Waals surface area contributed by atoms with Gasteiger partial charge >= 0.3 is 0 Å². The van der Waals surface area contributed by atoms with Crippen molar-refractivity contribution in [3.63, 3.8) is 0 Å². The van der Waals surface area contributed by atoms with Crippen LogP contribution >= 0.6 is 0 Å². The van der Waals surface area contributed by atoms with Crippen molar-refractivity contribution in [1.82, 2.24) is 4.57 Å². The van der Waals surface area contributed by atoms with Gasteiger partial charge in [-0.1, -0.05) is 93.6 Å². The van der Waals surface area contributed by atoms with Crippen LogP contribution in [0.1, 0.15) is 26.3 Å². The topological polar surface area (TPSA) is 4.93 Å². The van der Waals surface area contributed by atoms with Crippen molar-refractivity contribution in [1.29, 1.82) is 0 Å². The lowest BCUT2D eigenvalue weighted by molar-refractivity contribution is 0.590. The Bertz CT molecular complexity index is 1260. The molecule has 0 saturated carbocycles. The summed E-state index contributed by atoms with van der Waals surface area (Å²) in [6.45, 7) is 6.83. The van der Waals surface area contributed by atoms with Crippen LogP contribution in [-0.4, -0.2) is 4.57 Å². The Hall–Kier alpha value is -3.32. The second kappa shape index (κ2) is 6.63. The summed E-state index contributed by atoms with van der Waals surface area (Å²) < 4.78 is 2.42. The fourth-order valence-corrected chi connectivity index (χ4v) is 4.23. The summed E-state index contributed by atoms with van der Waals surface area (Å²) in [5.74, 6) is 0. The van der Waals surface area contributed by atoms with Crippen LogP contribution in [0.2, 0.25) is 0 Å². The Morgan fingerprint density at radius 2 is 1.14 bits per heavy atom. The number of para-hydroxylation sites is 2. The molecule has 0 atom stereocenters. The Balaban J connectivity index is 1.90. The number of rotatable bonds is 2. The van der Waals surface area contributed by atoms with Crippen LogP contribution in [0.25, 0.3) is 38.6 Å². The summed E-state index contributed by atoms with van der Waals surface area (Å²) in [7, 11) is 0. The molecule has 0 saturated heterocycles. The molecule has 0 bridgehead atoms. The largest absolute Gasteiger partial charge is 0.309 e. The van der Waals surface area contributed by atoms with Crippen LogP contribution in [0, 0.1) is 0 Å². The Morgan fingerprint density at radius 3 is 1.72 bits per heavy atom. The van der Waals surface area contributed by atoms with Crippen molar-refractivity contribution in [3.05, 3.63) is 103 Å². The van der Waals surface area contributed by atoms with E-state index >= 15 is 0 Å². The Morgan fingerprint density at radius 1 is 0.586 bits per heavy atom. The van der Waals surface area contributed by atoms with Crippen molar-refractivity contribution in [2.45, 2.75) is 26.2 Å². The number of hydrogen-bond acceptors (Lipinski definition) is 0. The van der Waals surface area contributed by atoms with E-state index in [4.69, 9.17) is 0 Å². The summed E-state index contributed by atoms with van der Waals surface area (Å²) in [4.78, 5) is 0. The van der Waals surface area contributed by atoms with E-state index in [1.807, 2.05) is 0 Å². The van der Waals surface area contributed by atoms with E-state index in [0.29, 0.717) is 0 Å². The van der Waals surface area contributed by atoms with Crippen molar-refractivity contribution < 1.29 is 0 Å². The fourth-order valence-electron chi connectivity index (χ4n) is 4.23. The molecule has 5 aromatic rings. The first-order valence-electron chi connectivity index (χ1n) is 10.2. The lowest BCUT2D eigenvalue weighted by atomic mass is 9.85. The Labute approximate surface area is 172 Å². The van der Waals surface area contributed by atoms with Gasteiger partial charge in [-0.3, -0.25) is 0 Å². The molecule has 0 spiro atoms. The fraction of sp³-hybridized carbons (Fsp3) is 0.143. The summed E-state index contributed by atoms with van der Waals surface area (Å²) in [6.07, 6.45) is 0. The van der Waals surface area contributed by atoms with Crippen molar-refractivity contribution >= 4 is 21.8 Å². The molecule has 0 aliphatic carbocycles. The highest BCUT2D eigenvalue weighted by molar-refractivity contribution is 6.09. The van der Waals surface area contributed by atoms with E-state index in [9.17, 15) is 0 Å². The predicted octanol–water partition coefficient (Wildman–Crippen LogP) is 7.75. The van der Waals surface area contributed by atoms with Gasteiger partial charge in [-0.05, 0) is 40.8 Å². The predicted molar refractivity (Wildman–Crippen MR) is 125 cm³/mol. The average Bonchev–Trinajstić information content (AvgIpc) is 3.08. The average molecular weight is 376 g/mol. The van der Waals surface area contributed by atoms with Gasteiger partial charge in [0.15, 0.2) is 0 Å². The molecule has 5 rings (SSSR count). The molecule has 0 amide bonds. The molecule has 4 aromatic carbocycles. The zero-order chi connectivity index (χ0) is 20.0.